The largest absolute Gasteiger partial charge is 0.454 e. The molecule has 5 heteroatoms. The van der Waals surface area contributed by atoms with Crippen molar-refractivity contribution >= 4 is 0 Å². The highest BCUT2D eigenvalue weighted by Crippen LogP contribution is 2.36. The van der Waals surface area contributed by atoms with Gasteiger partial charge in [0.25, 0.3) is 0 Å². The molecule has 0 saturated carbocycles. The summed E-state index contributed by atoms with van der Waals surface area (Å²) < 4.78 is 24.0. The highest BCUT2D eigenvalue weighted by Gasteiger charge is 2.16. The molecule has 1 aromatic heterocycles. The molecule has 4 rings (SSSR count). The van der Waals surface area contributed by atoms with Crippen LogP contribution in [0.1, 0.15) is 25.6 Å². The fourth-order valence-corrected chi connectivity index (χ4v) is 2.70. The number of aromatic nitrogens is 2. The van der Waals surface area contributed by atoms with Gasteiger partial charge in [0, 0.05) is 17.0 Å². The average Bonchev–Trinajstić information content (AvgIpc) is 3.09. The van der Waals surface area contributed by atoms with Crippen LogP contribution in [-0.2, 0) is 0 Å². The van der Waals surface area contributed by atoms with Crippen molar-refractivity contribution in [3.63, 3.8) is 0 Å². The molecule has 2 aromatic carbocycles. The van der Waals surface area contributed by atoms with Crippen LogP contribution in [0.4, 0.5) is 4.39 Å². The van der Waals surface area contributed by atoms with Gasteiger partial charge in [0.1, 0.15) is 11.6 Å². The van der Waals surface area contributed by atoms with Gasteiger partial charge < -0.3 is 9.47 Å². The first-order valence-corrected chi connectivity index (χ1v) is 8.15. The van der Waals surface area contributed by atoms with E-state index in [1.807, 2.05) is 38.1 Å². The van der Waals surface area contributed by atoms with Crippen molar-refractivity contribution in [3.05, 3.63) is 60.2 Å². The van der Waals surface area contributed by atoms with Crippen molar-refractivity contribution in [2.45, 2.75) is 19.8 Å². The van der Waals surface area contributed by atoms with Crippen LogP contribution in [0.15, 0.2) is 48.5 Å². The maximum Gasteiger partial charge on any atom is 0.231 e. The smallest absolute Gasteiger partial charge is 0.231 e. The van der Waals surface area contributed by atoms with Crippen molar-refractivity contribution in [3.8, 4) is 34.0 Å². The minimum atomic E-state index is -0.266. The highest BCUT2D eigenvalue weighted by molar-refractivity contribution is 5.70. The molecule has 0 unspecified atom stereocenters. The van der Waals surface area contributed by atoms with Gasteiger partial charge in [-0.15, -0.1) is 0 Å². The van der Waals surface area contributed by atoms with Crippen LogP contribution in [0.2, 0.25) is 0 Å². The Morgan fingerprint density at radius 1 is 0.840 bits per heavy atom. The third-order valence-electron chi connectivity index (χ3n) is 4.07. The summed E-state index contributed by atoms with van der Waals surface area (Å²) in [5.74, 6) is 2.10. The number of ether oxygens (including phenoxy) is 2. The normalized spacial score (nSPS) is 12.6. The van der Waals surface area contributed by atoms with E-state index < -0.39 is 0 Å². The number of hydrogen-bond acceptors (Lipinski definition) is 4. The van der Waals surface area contributed by atoms with Gasteiger partial charge in [0.05, 0.1) is 11.4 Å². The Bertz CT molecular complexity index is 923. The summed E-state index contributed by atoms with van der Waals surface area (Å²) in [7, 11) is 0. The molecule has 1 aliphatic rings. The zero-order chi connectivity index (χ0) is 17.4. The summed E-state index contributed by atoms with van der Waals surface area (Å²) in [4.78, 5) is 9.33. The molecule has 0 atom stereocenters. The van der Waals surface area contributed by atoms with Crippen molar-refractivity contribution < 1.29 is 13.9 Å². The molecule has 2 heterocycles. The molecule has 0 spiro atoms. The summed E-state index contributed by atoms with van der Waals surface area (Å²) in [6.45, 7) is 4.33. The van der Waals surface area contributed by atoms with Crippen LogP contribution in [0.25, 0.3) is 22.5 Å². The average molecular weight is 336 g/mol. The van der Waals surface area contributed by atoms with Gasteiger partial charge in [-0.1, -0.05) is 13.8 Å². The Morgan fingerprint density at radius 2 is 1.48 bits per heavy atom. The van der Waals surface area contributed by atoms with Crippen molar-refractivity contribution in [2.75, 3.05) is 6.79 Å². The van der Waals surface area contributed by atoms with Crippen LogP contribution in [-0.4, -0.2) is 16.8 Å². The lowest BCUT2D eigenvalue weighted by molar-refractivity contribution is 0.174. The molecule has 0 radical (unpaired) electrons. The van der Waals surface area contributed by atoms with E-state index in [1.165, 1.54) is 12.1 Å². The van der Waals surface area contributed by atoms with Gasteiger partial charge in [-0.2, -0.15) is 0 Å². The molecule has 126 valence electrons. The Morgan fingerprint density at radius 3 is 2.20 bits per heavy atom. The standard InChI is InChI=1S/C20H17FN2O2/c1-12(2)20-22-16(13-3-6-15(21)7-4-13)10-17(23-20)14-5-8-18-19(9-14)25-11-24-18/h3-10,12H,11H2,1-2H3. The topological polar surface area (TPSA) is 44.2 Å². The van der Waals surface area contributed by atoms with E-state index in [0.29, 0.717) is 5.75 Å². The van der Waals surface area contributed by atoms with Crippen molar-refractivity contribution in [1.82, 2.24) is 9.97 Å². The van der Waals surface area contributed by atoms with E-state index in [9.17, 15) is 4.39 Å². The van der Waals surface area contributed by atoms with Crippen LogP contribution >= 0.6 is 0 Å². The van der Waals surface area contributed by atoms with Crippen molar-refractivity contribution in [2.24, 2.45) is 0 Å². The summed E-state index contributed by atoms with van der Waals surface area (Å²) >= 11 is 0. The third kappa shape index (κ3) is 3.05. The fourth-order valence-electron chi connectivity index (χ4n) is 2.70. The van der Waals surface area contributed by atoms with E-state index in [2.05, 4.69) is 4.98 Å². The lowest BCUT2D eigenvalue weighted by Gasteiger charge is -2.11. The molecular formula is C20H17FN2O2. The van der Waals surface area contributed by atoms with E-state index in [1.54, 1.807) is 12.1 Å². The number of hydrogen-bond donors (Lipinski definition) is 0. The SMILES string of the molecule is CC(C)c1nc(-c2ccc(F)cc2)cc(-c2ccc3c(c2)OCO3)n1. The molecule has 0 amide bonds. The number of fused-ring (bicyclic) bond motifs is 1. The molecule has 0 aliphatic carbocycles. The molecule has 0 fully saturated rings. The lowest BCUT2D eigenvalue weighted by Crippen LogP contribution is -2.01. The Balaban J connectivity index is 1.83. The molecule has 0 saturated heterocycles. The Hall–Kier alpha value is -2.95. The summed E-state index contributed by atoms with van der Waals surface area (Å²) in [5, 5.41) is 0. The quantitative estimate of drug-likeness (QED) is 0.689. The monoisotopic (exact) mass is 336 g/mol. The molecule has 1 aliphatic heterocycles. The molecule has 0 bridgehead atoms. The first-order valence-electron chi connectivity index (χ1n) is 8.15. The second-order valence-corrected chi connectivity index (χ2v) is 6.23. The first kappa shape index (κ1) is 15.6. The van der Waals surface area contributed by atoms with E-state index in [0.717, 1.165) is 34.1 Å². The van der Waals surface area contributed by atoms with Crippen molar-refractivity contribution in [1.29, 1.82) is 0 Å². The lowest BCUT2D eigenvalue weighted by atomic mass is 10.1. The second kappa shape index (κ2) is 6.16. The Labute approximate surface area is 145 Å². The molecule has 3 aromatic rings. The van der Waals surface area contributed by atoms with E-state index in [4.69, 9.17) is 14.5 Å². The van der Waals surface area contributed by atoms with Crippen LogP contribution in [0.3, 0.4) is 0 Å². The minimum absolute atomic E-state index is 0.174. The van der Waals surface area contributed by atoms with Gasteiger partial charge in [-0.25, -0.2) is 14.4 Å². The zero-order valence-electron chi connectivity index (χ0n) is 14.0. The summed E-state index contributed by atoms with van der Waals surface area (Å²) in [6, 6.07) is 14.0. The van der Waals surface area contributed by atoms with E-state index in [-0.39, 0.29) is 18.5 Å². The maximum atomic E-state index is 13.2. The van der Waals surface area contributed by atoms with Gasteiger partial charge in [-0.3, -0.25) is 0 Å². The third-order valence-corrected chi connectivity index (χ3v) is 4.07. The predicted octanol–water partition coefficient (Wildman–Crippen LogP) is 4.80. The van der Waals surface area contributed by atoms with E-state index >= 15 is 0 Å². The highest BCUT2D eigenvalue weighted by atomic mass is 19.1. The Kier molecular flexibility index (Phi) is 3.84. The van der Waals surface area contributed by atoms with Gasteiger partial charge in [0.2, 0.25) is 6.79 Å². The predicted molar refractivity (Wildman–Crippen MR) is 93.1 cm³/mol. The molecule has 0 N–H and O–H groups in total. The molecular weight excluding hydrogens is 319 g/mol. The fraction of sp³-hybridized carbons (Fsp3) is 0.200. The summed E-state index contributed by atoms with van der Waals surface area (Å²) in [5.41, 5.74) is 3.35. The number of halogens is 1. The van der Waals surface area contributed by atoms with Gasteiger partial charge >= 0.3 is 0 Å². The van der Waals surface area contributed by atoms with Gasteiger partial charge in [-0.05, 0) is 48.5 Å². The second-order valence-electron chi connectivity index (χ2n) is 6.23. The zero-order valence-corrected chi connectivity index (χ0v) is 14.0. The van der Waals surface area contributed by atoms with Gasteiger partial charge in [0.15, 0.2) is 11.5 Å². The van der Waals surface area contributed by atoms with Crippen LogP contribution < -0.4 is 9.47 Å². The number of benzene rings is 2. The van der Waals surface area contributed by atoms with Crippen LogP contribution in [0, 0.1) is 5.82 Å². The maximum absolute atomic E-state index is 13.2. The molecule has 25 heavy (non-hydrogen) atoms. The molecule has 4 nitrogen and oxygen atoms in total. The number of rotatable bonds is 3. The van der Waals surface area contributed by atoms with Crippen LogP contribution in [0.5, 0.6) is 11.5 Å². The first-order chi connectivity index (χ1) is 12.1. The summed E-state index contributed by atoms with van der Waals surface area (Å²) in [6.07, 6.45) is 0. The minimum Gasteiger partial charge on any atom is -0.454 e. The number of nitrogens with zero attached hydrogens (tertiary/aromatic N) is 2.